The molecule has 1 atom stereocenters. The summed E-state index contributed by atoms with van der Waals surface area (Å²) in [6.45, 7) is 8.12. The van der Waals surface area contributed by atoms with Gasteiger partial charge in [-0.25, -0.2) is 9.59 Å². The summed E-state index contributed by atoms with van der Waals surface area (Å²) in [6.07, 6.45) is 2.41. The number of likely N-dealkylation sites (N-methyl/N-ethyl adjacent to an activating group) is 1. The number of carbonyl (C=O) groups is 2. The van der Waals surface area contributed by atoms with Gasteiger partial charge in [-0.15, -0.1) is 0 Å². The van der Waals surface area contributed by atoms with Gasteiger partial charge in [-0.1, -0.05) is 13.8 Å². The van der Waals surface area contributed by atoms with Crippen LogP contribution in [-0.4, -0.2) is 65.7 Å². The summed E-state index contributed by atoms with van der Waals surface area (Å²) in [7, 11) is 0. The van der Waals surface area contributed by atoms with Gasteiger partial charge in [0.2, 0.25) is 0 Å². The van der Waals surface area contributed by atoms with Crippen molar-refractivity contribution in [3.05, 3.63) is 0 Å². The molecule has 1 aliphatic rings. The molecule has 2 N–H and O–H groups in total. The molecule has 0 bridgehead atoms. The highest BCUT2D eigenvalue weighted by Gasteiger charge is 2.33. The van der Waals surface area contributed by atoms with Gasteiger partial charge in [-0.2, -0.15) is 0 Å². The smallest absolute Gasteiger partial charge is 0.326 e. The van der Waals surface area contributed by atoms with Crippen molar-refractivity contribution in [2.24, 2.45) is 0 Å². The average molecular weight is 271 g/mol. The second kappa shape index (κ2) is 7.99. The molecule has 0 unspecified atom stereocenters. The van der Waals surface area contributed by atoms with Crippen molar-refractivity contribution in [3.63, 3.8) is 0 Å². The Kier molecular flexibility index (Phi) is 6.62. The highest BCUT2D eigenvalue weighted by molar-refractivity contribution is 5.83. The summed E-state index contributed by atoms with van der Waals surface area (Å²) >= 11 is 0. The van der Waals surface area contributed by atoms with Gasteiger partial charge < -0.3 is 20.2 Å². The topological polar surface area (TPSA) is 72.9 Å². The molecule has 0 saturated carbocycles. The third-order valence-electron chi connectivity index (χ3n) is 3.49. The van der Waals surface area contributed by atoms with Gasteiger partial charge in [0.1, 0.15) is 6.04 Å². The second-order valence-corrected chi connectivity index (χ2v) is 4.86. The second-order valence-electron chi connectivity index (χ2n) is 4.86. The Morgan fingerprint density at radius 3 is 2.68 bits per heavy atom. The Balaban J connectivity index is 2.32. The summed E-state index contributed by atoms with van der Waals surface area (Å²) in [4.78, 5) is 26.6. The van der Waals surface area contributed by atoms with E-state index in [1.807, 2.05) is 0 Å². The monoisotopic (exact) mass is 271 g/mol. The number of nitrogens with zero attached hydrogens (tertiary/aromatic N) is 2. The van der Waals surface area contributed by atoms with Crippen molar-refractivity contribution in [2.75, 3.05) is 32.7 Å². The third kappa shape index (κ3) is 4.70. The fourth-order valence-corrected chi connectivity index (χ4v) is 2.43. The normalized spacial score (nSPS) is 18.9. The lowest BCUT2D eigenvalue weighted by molar-refractivity contribution is -0.141. The molecule has 2 amide bonds. The van der Waals surface area contributed by atoms with E-state index in [1.165, 1.54) is 4.90 Å². The predicted octanol–water partition coefficient (Wildman–Crippen LogP) is 0.977. The first-order chi connectivity index (χ1) is 9.10. The van der Waals surface area contributed by atoms with E-state index in [2.05, 4.69) is 24.1 Å². The first-order valence-corrected chi connectivity index (χ1v) is 7.09. The van der Waals surface area contributed by atoms with E-state index in [0.717, 1.165) is 32.5 Å². The molecule has 1 fully saturated rings. The van der Waals surface area contributed by atoms with Gasteiger partial charge in [0.05, 0.1) is 0 Å². The Morgan fingerprint density at radius 2 is 2.11 bits per heavy atom. The van der Waals surface area contributed by atoms with E-state index < -0.39 is 12.0 Å². The molecule has 0 aromatic carbocycles. The lowest BCUT2D eigenvalue weighted by Crippen LogP contribution is -2.47. The number of amides is 2. The van der Waals surface area contributed by atoms with Crippen LogP contribution in [0.4, 0.5) is 4.79 Å². The first kappa shape index (κ1) is 15.8. The van der Waals surface area contributed by atoms with Crippen LogP contribution in [0.3, 0.4) is 0 Å². The van der Waals surface area contributed by atoms with Crippen molar-refractivity contribution in [1.82, 2.24) is 15.1 Å². The molecule has 6 nitrogen and oxygen atoms in total. The number of rotatable bonds is 7. The van der Waals surface area contributed by atoms with Gasteiger partial charge in [-0.05, 0) is 32.4 Å². The molecule has 1 heterocycles. The van der Waals surface area contributed by atoms with Gasteiger partial charge in [0.15, 0.2) is 0 Å². The van der Waals surface area contributed by atoms with Crippen LogP contribution in [-0.2, 0) is 4.79 Å². The Hall–Kier alpha value is -1.30. The first-order valence-electron chi connectivity index (χ1n) is 7.09. The van der Waals surface area contributed by atoms with Crippen LogP contribution in [0.1, 0.15) is 33.1 Å². The van der Waals surface area contributed by atoms with E-state index >= 15 is 0 Å². The van der Waals surface area contributed by atoms with Crippen molar-refractivity contribution in [1.29, 1.82) is 0 Å². The van der Waals surface area contributed by atoms with Crippen molar-refractivity contribution < 1.29 is 14.7 Å². The largest absolute Gasteiger partial charge is 0.480 e. The maximum Gasteiger partial charge on any atom is 0.326 e. The maximum absolute atomic E-state index is 11.9. The molecule has 6 heteroatoms. The molecule has 0 aliphatic carbocycles. The zero-order valence-corrected chi connectivity index (χ0v) is 11.9. The van der Waals surface area contributed by atoms with Crippen LogP contribution in [0.5, 0.6) is 0 Å². The lowest BCUT2D eigenvalue weighted by Gasteiger charge is -2.24. The molecule has 110 valence electrons. The van der Waals surface area contributed by atoms with Gasteiger partial charge >= 0.3 is 12.0 Å². The van der Waals surface area contributed by atoms with Crippen molar-refractivity contribution >= 4 is 12.0 Å². The minimum absolute atomic E-state index is 0.252. The summed E-state index contributed by atoms with van der Waals surface area (Å²) in [6, 6.07) is -0.907. The molecule has 1 saturated heterocycles. The van der Waals surface area contributed by atoms with Crippen LogP contribution < -0.4 is 5.32 Å². The number of carbonyl (C=O) groups excluding carboxylic acids is 1. The van der Waals surface area contributed by atoms with Crippen molar-refractivity contribution in [3.8, 4) is 0 Å². The van der Waals surface area contributed by atoms with Crippen molar-refractivity contribution in [2.45, 2.75) is 39.2 Å². The van der Waals surface area contributed by atoms with Crippen LogP contribution in [0.25, 0.3) is 0 Å². The summed E-state index contributed by atoms with van der Waals surface area (Å²) < 4.78 is 0. The minimum Gasteiger partial charge on any atom is -0.480 e. The highest BCUT2D eigenvalue weighted by atomic mass is 16.4. The number of carboxylic acids is 1. The Labute approximate surface area is 114 Å². The molecule has 1 aliphatic heterocycles. The van der Waals surface area contributed by atoms with E-state index in [4.69, 9.17) is 5.11 Å². The molecule has 0 spiro atoms. The summed E-state index contributed by atoms with van der Waals surface area (Å²) in [5, 5.41) is 11.8. The number of aliphatic carboxylic acids is 1. The van der Waals surface area contributed by atoms with Crippen LogP contribution in [0.15, 0.2) is 0 Å². The van der Waals surface area contributed by atoms with Crippen LogP contribution >= 0.6 is 0 Å². The number of likely N-dealkylation sites (tertiary alicyclic amines) is 1. The molecule has 0 radical (unpaired) electrons. The Bertz CT molecular complexity index is 310. The number of hydrogen-bond donors (Lipinski definition) is 2. The standard InChI is InChI=1S/C13H25N3O3/c1-3-8-15(4-2)10-7-14-13(19)16-9-5-6-11(16)12(17)18/h11H,3-10H2,1-2H3,(H,14,19)(H,17,18)/t11-/m1/s1. The van der Waals surface area contributed by atoms with E-state index in [-0.39, 0.29) is 6.03 Å². The molecular weight excluding hydrogens is 246 g/mol. The fraction of sp³-hybridized carbons (Fsp3) is 0.846. The summed E-state index contributed by atoms with van der Waals surface area (Å²) in [5.41, 5.74) is 0. The van der Waals surface area contributed by atoms with Gasteiger partial charge in [-0.3, -0.25) is 0 Å². The number of carboxylic acid groups (broad SMARTS) is 1. The lowest BCUT2D eigenvalue weighted by atomic mass is 10.2. The predicted molar refractivity (Wildman–Crippen MR) is 73.2 cm³/mol. The molecular formula is C13H25N3O3. The highest BCUT2D eigenvalue weighted by Crippen LogP contribution is 2.17. The van der Waals surface area contributed by atoms with E-state index in [1.54, 1.807) is 0 Å². The third-order valence-corrected chi connectivity index (χ3v) is 3.49. The number of hydrogen-bond acceptors (Lipinski definition) is 3. The fourth-order valence-electron chi connectivity index (χ4n) is 2.43. The molecule has 1 rings (SSSR count). The quantitative estimate of drug-likeness (QED) is 0.724. The van der Waals surface area contributed by atoms with Gasteiger partial charge in [0.25, 0.3) is 0 Å². The maximum atomic E-state index is 11.9. The van der Waals surface area contributed by atoms with Crippen LogP contribution in [0.2, 0.25) is 0 Å². The van der Waals surface area contributed by atoms with E-state index in [9.17, 15) is 9.59 Å². The molecule has 19 heavy (non-hydrogen) atoms. The zero-order valence-electron chi connectivity index (χ0n) is 11.9. The summed E-state index contributed by atoms with van der Waals surface area (Å²) in [5.74, 6) is -0.909. The van der Waals surface area contributed by atoms with Gasteiger partial charge in [0, 0.05) is 19.6 Å². The zero-order chi connectivity index (χ0) is 14.3. The minimum atomic E-state index is -0.909. The van der Waals surface area contributed by atoms with E-state index in [0.29, 0.717) is 19.5 Å². The average Bonchev–Trinajstić information content (AvgIpc) is 2.86. The Morgan fingerprint density at radius 1 is 1.37 bits per heavy atom. The SMILES string of the molecule is CCCN(CC)CCNC(=O)N1CCC[C@@H]1C(=O)O. The molecule has 0 aromatic rings. The van der Waals surface area contributed by atoms with Crippen LogP contribution in [0, 0.1) is 0 Å². The molecule has 0 aromatic heterocycles. The number of urea groups is 1. The number of nitrogens with one attached hydrogen (secondary N) is 1.